The zero-order valence-electron chi connectivity index (χ0n) is 11.1. The van der Waals surface area contributed by atoms with E-state index in [1.165, 1.54) is 25.7 Å². The van der Waals surface area contributed by atoms with Gasteiger partial charge in [0.2, 0.25) is 5.91 Å². The zero-order chi connectivity index (χ0) is 13.5. The summed E-state index contributed by atoms with van der Waals surface area (Å²) in [5.74, 6) is 0.699. The number of amides is 1. The molecule has 1 aliphatic carbocycles. The Balaban J connectivity index is 1.81. The molecule has 0 heterocycles. The monoisotopic (exact) mass is 256 g/mol. The van der Waals surface area contributed by atoms with Crippen molar-refractivity contribution in [3.63, 3.8) is 0 Å². The number of benzene rings is 1. The normalized spacial score (nSPS) is 16.8. The first-order valence-electron chi connectivity index (χ1n) is 7.03. The van der Waals surface area contributed by atoms with Gasteiger partial charge in [0.15, 0.2) is 0 Å². The predicted molar refractivity (Wildman–Crippen MR) is 74.1 cm³/mol. The molecule has 0 saturated heterocycles. The lowest BCUT2D eigenvalue weighted by atomic mass is 10.0. The number of nitriles is 1. The summed E-state index contributed by atoms with van der Waals surface area (Å²) >= 11 is 0. The van der Waals surface area contributed by atoms with E-state index in [-0.39, 0.29) is 5.91 Å². The van der Waals surface area contributed by atoms with Gasteiger partial charge in [0, 0.05) is 6.42 Å². The summed E-state index contributed by atoms with van der Waals surface area (Å²) in [5.41, 5.74) is 0.846. The Bertz CT molecular complexity index is 444. The molecule has 1 saturated carbocycles. The number of hydrogen-bond acceptors (Lipinski definition) is 2. The smallest absolute Gasteiger partial charge is 0.221 e. The van der Waals surface area contributed by atoms with Crippen molar-refractivity contribution in [3.8, 4) is 6.07 Å². The van der Waals surface area contributed by atoms with Crippen LogP contribution in [0.15, 0.2) is 30.3 Å². The van der Waals surface area contributed by atoms with Gasteiger partial charge in [0.1, 0.15) is 6.04 Å². The van der Waals surface area contributed by atoms with Gasteiger partial charge < -0.3 is 5.32 Å². The second kappa shape index (κ2) is 6.94. The molecule has 1 aromatic rings. The second-order valence-electron chi connectivity index (χ2n) is 5.23. The van der Waals surface area contributed by atoms with E-state index >= 15 is 0 Å². The molecule has 0 spiro atoms. The van der Waals surface area contributed by atoms with Crippen LogP contribution >= 0.6 is 0 Å². The SMILES string of the molecule is N#CC(NC(=O)CCC1CCCC1)c1ccccc1. The quantitative estimate of drug-likeness (QED) is 0.878. The fourth-order valence-electron chi connectivity index (χ4n) is 2.70. The van der Waals surface area contributed by atoms with Gasteiger partial charge in [0.25, 0.3) is 0 Å². The molecule has 1 fully saturated rings. The van der Waals surface area contributed by atoms with Crippen LogP contribution in [-0.2, 0) is 4.79 Å². The molecule has 1 atom stereocenters. The topological polar surface area (TPSA) is 52.9 Å². The lowest BCUT2D eigenvalue weighted by Gasteiger charge is -2.13. The Morgan fingerprint density at radius 3 is 2.63 bits per heavy atom. The largest absolute Gasteiger partial charge is 0.337 e. The highest BCUT2D eigenvalue weighted by Crippen LogP contribution is 2.28. The van der Waals surface area contributed by atoms with Crippen molar-refractivity contribution in [3.05, 3.63) is 35.9 Å². The van der Waals surface area contributed by atoms with Crippen molar-refractivity contribution in [1.82, 2.24) is 5.32 Å². The molecule has 19 heavy (non-hydrogen) atoms. The second-order valence-corrected chi connectivity index (χ2v) is 5.23. The Labute approximate surface area is 114 Å². The number of carbonyl (C=O) groups is 1. The third kappa shape index (κ3) is 4.10. The van der Waals surface area contributed by atoms with E-state index in [9.17, 15) is 4.79 Å². The summed E-state index contributed by atoms with van der Waals surface area (Å²) < 4.78 is 0. The number of rotatable bonds is 5. The summed E-state index contributed by atoms with van der Waals surface area (Å²) in [7, 11) is 0. The molecule has 100 valence electrons. The van der Waals surface area contributed by atoms with Crippen molar-refractivity contribution >= 4 is 5.91 Å². The van der Waals surface area contributed by atoms with Crippen LogP contribution in [0, 0.1) is 17.2 Å². The number of carbonyl (C=O) groups excluding carboxylic acids is 1. The standard InChI is InChI=1S/C16H20N2O/c17-12-15(14-8-2-1-3-9-14)18-16(19)11-10-13-6-4-5-7-13/h1-3,8-9,13,15H,4-7,10-11H2,(H,18,19). The van der Waals surface area contributed by atoms with Crippen molar-refractivity contribution in [2.45, 2.75) is 44.6 Å². The third-order valence-corrected chi connectivity index (χ3v) is 3.82. The van der Waals surface area contributed by atoms with Gasteiger partial charge in [-0.3, -0.25) is 4.79 Å². The lowest BCUT2D eigenvalue weighted by molar-refractivity contribution is -0.121. The highest BCUT2D eigenvalue weighted by molar-refractivity contribution is 5.76. The Kier molecular flexibility index (Phi) is 4.97. The van der Waals surface area contributed by atoms with E-state index in [0.717, 1.165) is 12.0 Å². The fourth-order valence-corrected chi connectivity index (χ4v) is 2.70. The van der Waals surface area contributed by atoms with E-state index in [0.29, 0.717) is 12.3 Å². The molecule has 0 aliphatic heterocycles. The first kappa shape index (κ1) is 13.6. The highest BCUT2D eigenvalue weighted by Gasteiger charge is 2.18. The molecule has 1 aromatic carbocycles. The summed E-state index contributed by atoms with van der Waals surface area (Å²) in [6.45, 7) is 0. The van der Waals surface area contributed by atoms with Crippen LogP contribution in [-0.4, -0.2) is 5.91 Å². The van der Waals surface area contributed by atoms with Gasteiger partial charge in [0.05, 0.1) is 6.07 Å². The Morgan fingerprint density at radius 1 is 1.32 bits per heavy atom. The minimum Gasteiger partial charge on any atom is -0.337 e. The van der Waals surface area contributed by atoms with Crippen LogP contribution in [0.2, 0.25) is 0 Å². The molecule has 0 aromatic heterocycles. The van der Waals surface area contributed by atoms with Crippen molar-refractivity contribution in [1.29, 1.82) is 5.26 Å². The van der Waals surface area contributed by atoms with Crippen molar-refractivity contribution in [2.24, 2.45) is 5.92 Å². The molecular formula is C16H20N2O. The summed E-state index contributed by atoms with van der Waals surface area (Å²) in [5, 5.41) is 12.0. The maximum absolute atomic E-state index is 11.9. The van der Waals surface area contributed by atoms with Crippen LogP contribution in [0.25, 0.3) is 0 Å². The highest BCUT2D eigenvalue weighted by atomic mass is 16.1. The van der Waals surface area contributed by atoms with Crippen molar-refractivity contribution < 1.29 is 4.79 Å². The average Bonchev–Trinajstić information content (AvgIpc) is 2.97. The van der Waals surface area contributed by atoms with Gasteiger partial charge in [-0.2, -0.15) is 5.26 Å². The minimum atomic E-state index is -0.530. The first-order valence-corrected chi connectivity index (χ1v) is 7.03. The molecule has 3 nitrogen and oxygen atoms in total. The van der Waals surface area contributed by atoms with Crippen LogP contribution < -0.4 is 5.32 Å². The fraction of sp³-hybridized carbons (Fsp3) is 0.500. The third-order valence-electron chi connectivity index (χ3n) is 3.82. The van der Waals surface area contributed by atoms with E-state index in [1.54, 1.807) is 0 Å². The maximum atomic E-state index is 11.9. The van der Waals surface area contributed by atoms with Gasteiger partial charge in [-0.05, 0) is 17.9 Å². The summed E-state index contributed by atoms with van der Waals surface area (Å²) in [6, 6.07) is 11.0. The van der Waals surface area contributed by atoms with Gasteiger partial charge >= 0.3 is 0 Å². The predicted octanol–water partition coefficient (Wildman–Crippen LogP) is 3.34. The maximum Gasteiger partial charge on any atom is 0.221 e. The first-order chi connectivity index (χ1) is 9.29. The lowest BCUT2D eigenvalue weighted by Crippen LogP contribution is -2.27. The van der Waals surface area contributed by atoms with Crippen LogP contribution in [0.1, 0.15) is 50.1 Å². The Morgan fingerprint density at radius 2 is 2.00 bits per heavy atom. The van der Waals surface area contributed by atoms with Crippen molar-refractivity contribution in [2.75, 3.05) is 0 Å². The minimum absolute atomic E-state index is 0.0118. The van der Waals surface area contributed by atoms with Gasteiger partial charge in [-0.15, -0.1) is 0 Å². The average molecular weight is 256 g/mol. The molecule has 1 N–H and O–H groups in total. The van der Waals surface area contributed by atoms with E-state index < -0.39 is 6.04 Å². The molecule has 0 radical (unpaired) electrons. The molecule has 3 heteroatoms. The zero-order valence-corrected chi connectivity index (χ0v) is 11.1. The Hall–Kier alpha value is -1.82. The molecule has 1 amide bonds. The van der Waals surface area contributed by atoms with E-state index in [2.05, 4.69) is 11.4 Å². The molecule has 2 rings (SSSR count). The molecule has 1 unspecified atom stereocenters. The summed E-state index contributed by atoms with van der Waals surface area (Å²) in [4.78, 5) is 11.9. The molecule has 1 aliphatic rings. The molecular weight excluding hydrogens is 236 g/mol. The van der Waals surface area contributed by atoms with E-state index in [1.807, 2.05) is 30.3 Å². The van der Waals surface area contributed by atoms with Gasteiger partial charge in [-0.25, -0.2) is 0 Å². The van der Waals surface area contributed by atoms with E-state index in [4.69, 9.17) is 5.26 Å². The number of hydrogen-bond donors (Lipinski definition) is 1. The summed E-state index contributed by atoms with van der Waals surface area (Å²) in [6.07, 6.45) is 6.62. The number of nitrogens with one attached hydrogen (secondary N) is 1. The number of nitrogens with zero attached hydrogens (tertiary/aromatic N) is 1. The van der Waals surface area contributed by atoms with Crippen LogP contribution in [0.5, 0.6) is 0 Å². The van der Waals surface area contributed by atoms with Gasteiger partial charge in [-0.1, -0.05) is 56.0 Å². The van der Waals surface area contributed by atoms with Crippen LogP contribution in [0.4, 0.5) is 0 Å². The van der Waals surface area contributed by atoms with Crippen LogP contribution in [0.3, 0.4) is 0 Å². The molecule has 0 bridgehead atoms.